The van der Waals surface area contributed by atoms with Gasteiger partial charge in [0.2, 0.25) is 5.91 Å². The molecule has 9 nitrogen and oxygen atoms in total. The molecule has 0 aromatic heterocycles. The Kier molecular flexibility index (Phi) is 10.4. The maximum atomic E-state index is 16.5. The maximum Gasteiger partial charge on any atom is 0.222 e. The van der Waals surface area contributed by atoms with Gasteiger partial charge in [-0.2, -0.15) is 0 Å². The molecule has 2 saturated carbocycles. The summed E-state index contributed by atoms with van der Waals surface area (Å²) < 4.78 is 43.2. The number of carbonyl (C=O) groups excluding carboxylic acids is 1. The molecule has 0 spiro atoms. The number of nitrogens with one attached hydrogen (secondary N) is 2. The van der Waals surface area contributed by atoms with E-state index in [1.807, 2.05) is 11.8 Å². The van der Waals surface area contributed by atoms with Crippen molar-refractivity contribution >= 4 is 17.5 Å². The van der Waals surface area contributed by atoms with Crippen molar-refractivity contribution in [2.45, 2.75) is 81.4 Å². The Balaban J connectivity index is 1.30. The fourth-order valence-corrected chi connectivity index (χ4v) is 7.96. The molecular formula is C27H46ClF2N5O4. The molecule has 10 atom stereocenters. The molecule has 3 N–H and O–H groups in total. The van der Waals surface area contributed by atoms with Crippen molar-refractivity contribution in [1.82, 2.24) is 25.3 Å². The quantitative estimate of drug-likeness (QED) is 0.388. The van der Waals surface area contributed by atoms with E-state index in [2.05, 4.69) is 20.4 Å². The Labute approximate surface area is 235 Å². The molecule has 0 bridgehead atoms. The van der Waals surface area contributed by atoms with Crippen LogP contribution in [0.4, 0.5) is 8.78 Å². The summed E-state index contributed by atoms with van der Waals surface area (Å²) in [6.07, 6.45) is -1.89. The van der Waals surface area contributed by atoms with E-state index in [1.165, 1.54) is 0 Å². The topological polar surface area (TPSA) is 89.5 Å². The zero-order valence-corrected chi connectivity index (χ0v) is 23.8. The minimum Gasteiger partial charge on any atom is -0.393 e. The average molecular weight is 578 g/mol. The van der Waals surface area contributed by atoms with E-state index in [9.17, 15) is 9.90 Å². The van der Waals surface area contributed by atoms with Gasteiger partial charge in [0, 0.05) is 81.4 Å². The molecule has 224 valence electrons. The SMILES string of the molecule is CCC(=O)N1CCN(C2NC(OCCN3CCOCC3)NC3C(F)C(C4C(O)CCCC4F)C(Cl)CC32)CC1. The van der Waals surface area contributed by atoms with E-state index >= 15 is 8.78 Å². The van der Waals surface area contributed by atoms with Crippen LogP contribution in [0.2, 0.25) is 0 Å². The number of halogens is 3. The minimum absolute atomic E-state index is 0.145. The van der Waals surface area contributed by atoms with Gasteiger partial charge in [0.1, 0.15) is 12.3 Å². The zero-order valence-electron chi connectivity index (χ0n) is 23.0. The number of alkyl halides is 3. The average Bonchev–Trinajstić information content (AvgIpc) is 2.95. The van der Waals surface area contributed by atoms with Crippen LogP contribution < -0.4 is 10.6 Å². The lowest BCUT2D eigenvalue weighted by Gasteiger charge is -2.55. The van der Waals surface area contributed by atoms with Gasteiger partial charge in [-0.15, -0.1) is 11.6 Å². The van der Waals surface area contributed by atoms with Crippen molar-refractivity contribution in [1.29, 1.82) is 0 Å². The predicted molar refractivity (Wildman–Crippen MR) is 144 cm³/mol. The van der Waals surface area contributed by atoms with E-state index in [4.69, 9.17) is 21.1 Å². The lowest BCUT2D eigenvalue weighted by atomic mass is 9.65. The number of hydrogen-bond donors (Lipinski definition) is 3. The van der Waals surface area contributed by atoms with Crippen LogP contribution in [0.3, 0.4) is 0 Å². The normalized spacial score (nSPS) is 42.7. The summed E-state index contributed by atoms with van der Waals surface area (Å²) in [4.78, 5) is 18.7. The fourth-order valence-electron chi connectivity index (χ4n) is 7.45. The Morgan fingerprint density at radius 2 is 1.82 bits per heavy atom. The zero-order chi connectivity index (χ0) is 27.5. The van der Waals surface area contributed by atoms with E-state index < -0.39 is 48.1 Å². The van der Waals surface area contributed by atoms with Crippen LogP contribution in [0.1, 0.15) is 39.0 Å². The van der Waals surface area contributed by atoms with Gasteiger partial charge >= 0.3 is 0 Å². The molecule has 1 amide bonds. The molecule has 12 heteroatoms. The van der Waals surface area contributed by atoms with E-state index in [-0.39, 0.29) is 18.0 Å². The van der Waals surface area contributed by atoms with Gasteiger partial charge in [0.15, 0.2) is 6.35 Å². The van der Waals surface area contributed by atoms with Gasteiger partial charge in [-0.25, -0.2) is 8.78 Å². The number of carbonyl (C=O) groups is 1. The van der Waals surface area contributed by atoms with Gasteiger partial charge in [0.25, 0.3) is 0 Å². The highest BCUT2D eigenvalue weighted by atomic mass is 35.5. The summed E-state index contributed by atoms with van der Waals surface area (Å²) >= 11 is 6.86. The van der Waals surface area contributed by atoms with Gasteiger partial charge in [-0.1, -0.05) is 6.92 Å². The number of nitrogens with zero attached hydrogens (tertiary/aromatic N) is 3. The number of morpholine rings is 1. The molecule has 2 aliphatic carbocycles. The standard InChI is InChI=1S/C27H46ClF2N5O4/c1-2-21(37)34-6-8-35(9-7-34)26-17-16-18(28)22(23-19(29)4-3-5-20(23)36)24(30)25(17)31-27(32-26)39-15-12-33-10-13-38-14-11-33/h17-20,22-27,31-32,36H,2-16H2,1H3. The van der Waals surface area contributed by atoms with Crippen LogP contribution in [0.25, 0.3) is 0 Å². The van der Waals surface area contributed by atoms with Crippen molar-refractivity contribution in [3.63, 3.8) is 0 Å². The second kappa shape index (κ2) is 13.5. The molecule has 5 fully saturated rings. The fraction of sp³-hybridized carbons (Fsp3) is 0.963. The molecule has 10 unspecified atom stereocenters. The molecule has 3 heterocycles. The summed E-state index contributed by atoms with van der Waals surface area (Å²) in [6.45, 7) is 8.86. The van der Waals surface area contributed by atoms with Crippen molar-refractivity contribution in [2.24, 2.45) is 17.8 Å². The van der Waals surface area contributed by atoms with Crippen molar-refractivity contribution in [3.05, 3.63) is 0 Å². The summed E-state index contributed by atoms with van der Waals surface area (Å²) in [5, 5.41) is 17.0. The molecule has 5 rings (SSSR count). The molecule has 3 saturated heterocycles. The number of ether oxygens (including phenoxy) is 2. The number of hydrogen-bond acceptors (Lipinski definition) is 8. The van der Waals surface area contributed by atoms with Crippen LogP contribution in [0.5, 0.6) is 0 Å². The largest absolute Gasteiger partial charge is 0.393 e. The van der Waals surface area contributed by atoms with Crippen LogP contribution in [0, 0.1) is 17.8 Å². The first-order valence-corrected chi connectivity index (χ1v) is 15.4. The van der Waals surface area contributed by atoms with E-state index in [0.717, 1.165) is 19.6 Å². The van der Waals surface area contributed by atoms with Crippen molar-refractivity contribution < 1.29 is 28.2 Å². The Morgan fingerprint density at radius 1 is 1.08 bits per heavy atom. The molecular weight excluding hydrogens is 532 g/mol. The van der Waals surface area contributed by atoms with Crippen LogP contribution in [0.15, 0.2) is 0 Å². The van der Waals surface area contributed by atoms with Crippen LogP contribution in [-0.4, -0.2) is 134 Å². The highest BCUT2D eigenvalue weighted by Crippen LogP contribution is 2.47. The summed E-state index contributed by atoms with van der Waals surface area (Å²) in [6, 6.07) is -0.582. The lowest BCUT2D eigenvalue weighted by Crippen LogP contribution is -2.74. The number of aliphatic hydroxyl groups is 1. The number of fused-ring (bicyclic) bond motifs is 1. The molecule has 0 radical (unpaired) electrons. The molecule has 0 aromatic rings. The number of aliphatic hydroxyl groups excluding tert-OH is 1. The minimum atomic E-state index is -1.42. The number of piperazine rings is 1. The summed E-state index contributed by atoms with van der Waals surface area (Å²) in [5.74, 6) is -1.58. The first kappa shape index (κ1) is 29.8. The van der Waals surface area contributed by atoms with Gasteiger partial charge in [0.05, 0.1) is 32.1 Å². The second-order valence-electron chi connectivity index (χ2n) is 11.8. The summed E-state index contributed by atoms with van der Waals surface area (Å²) in [5.41, 5.74) is 0. The first-order chi connectivity index (χ1) is 18.9. The Hall–Kier alpha value is -0.660. The second-order valence-corrected chi connectivity index (χ2v) is 12.4. The van der Waals surface area contributed by atoms with Crippen molar-refractivity contribution in [3.8, 4) is 0 Å². The molecule has 3 aliphatic heterocycles. The van der Waals surface area contributed by atoms with Crippen LogP contribution >= 0.6 is 11.6 Å². The van der Waals surface area contributed by atoms with Crippen LogP contribution in [-0.2, 0) is 14.3 Å². The predicted octanol–water partition coefficient (Wildman–Crippen LogP) is 1.14. The third kappa shape index (κ3) is 6.71. The lowest BCUT2D eigenvalue weighted by molar-refractivity contribution is -0.140. The smallest absolute Gasteiger partial charge is 0.222 e. The maximum absolute atomic E-state index is 16.5. The van der Waals surface area contributed by atoms with Crippen molar-refractivity contribution in [2.75, 3.05) is 65.6 Å². The van der Waals surface area contributed by atoms with E-state index in [1.54, 1.807) is 0 Å². The highest BCUT2D eigenvalue weighted by Gasteiger charge is 2.56. The third-order valence-corrected chi connectivity index (χ3v) is 10.1. The molecule has 39 heavy (non-hydrogen) atoms. The molecule has 5 aliphatic rings. The van der Waals surface area contributed by atoms with Gasteiger partial charge in [-0.05, 0) is 25.7 Å². The highest BCUT2D eigenvalue weighted by molar-refractivity contribution is 6.21. The first-order valence-electron chi connectivity index (χ1n) is 14.9. The van der Waals surface area contributed by atoms with E-state index in [0.29, 0.717) is 78.1 Å². The molecule has 0 aromatic carbocycles. The summed E-state index contributed by atoms with van der Waals surface area (Å²) in [7, 11) is 0. The Morgan fingerprint density at radius 3 is 2.51 bits per heavy atom. The Bertz CT molecular complexity index is 796. The number of amides is 1. The number of rotatable bonds is 7. The van der Waals surface area contributed by atoms with Gasteiger partial charge < -0.3 is 19.5 Å². The third-order valence-electron chi connectivity index (χ3n) is 9.60. The monoisotopic (exact) mass is 577 g/mol. The van der Waals surface area contributed by atoms with Gasteiger partial charge in [-0.3, -0.25) is 25.2 Å².